The third kappa shape index (κ3) is 2.08. The minimum absolute atomic E-state index is 0.415. The second-order valence-electron chi connectivity index (χ2n) is 4.77. The smallest absolute Gasteiger partial charge is 0.141 e. The van der Waals surface area contributed by atoms with Gasteiger partial charge in [-0.3, -0.25) is 0 Å². The lowest BCUT2D eigenvalue weighted by atomic mass is 10.0. The zero-order valence-corrected chi connectivity index (χ0v) is 12.0. The molecule has 0 spiro atoms. The second-order valence-corrected chi connectivity index (χ2v) is 6.31. The molecule has 0 aromatic carbocycles. The maximum absolute atomic E-state index is 6.10. The number of hydrogen-bond donors (Lipinski definition) is 0. The molecule has 0 bridgehead atoms. The van der Waals surface area contributed by atoms with Gasteiger partial charge in [-0.15, -0.1) is 22.9 Å². The minimum atomic E-state index is 0.415. The van der Waals surface area contributed by atoms with E-state index in [1.165, 1.54) is 23.1 Å². The van der Waals surface area contributed by atoms with Gasteiger partial charge in [0, 0.05) is 23.3 Å². The topological polar surface area (TPSA) is 29.0 Å². The van der Waals surface area contributed by atoms with Crippen LogP contribution in [-0.4, -0.2) is 28.4 Å². The number of piperidine rings is 1. The van der Waals surface area contributed by atoms with Crippen LogP contribution in [0.3, 0.4) is 0 Å². The SMILES string of the molecule is Cc1cc2c(N3CCCCC3CCl)ncnc2s1. The highest BCUT2D eigenvalue weighted by molar-refractivity contribution is 7.18. The third-order valence-corrected chi connectivity index (χ3v) is 4.82. The summed E-state index contributed by atoms with van der Waals surface area (Å²) >= 11 is 7.83. The molecule has 0 saturated carbocycles. The number of alkyl halides is 1. The van der Waals surface area contributed by atoms with Crippen molar-refractivity contribution in [3.8, 4) is 0 Å². The van der Waals surface area contributed by atoms with Crippen molar-refractivity contribution in [1.82, 2.24) is 9.97 Å². The van der Waals surface area contributed by atoms with Gasteiger partial charge in [0.05, 0.1) is 5.39 Å². The summed E-state index contributed by atoms with van der Waals surface area (Å²) < 4.78 is 0. The van der Waals surface area contributed by atoms with Gasteiger partial charge in [-0.2, -0.15) is 0 Å². The monoisotopic (exact) mass is 281 g/mol. The fraction of sp³-hybridized carbons (Fsp3) is 0.538. The van der Waals surface area contributed by atoms with Gasteiger partial charge in [-0.1, -0.05) is 0 Å². The van der Waals surface area contributed by atoms with E-state index in [2.05, 4.69) is 27.9 Å². The normalized spacial score (nSPS) is 20.6. The van der Waals surface area contributed by atoms with Crippen LogP contribution in [0.1, 0.15) is 24.1 Å². The largest absolute Gasteiger partial charge is 0.352 e. The fourth-order valence-corrected chi connectivity index (χ4v) is 3.79. The molecule has 1 saturated heterocycles. The third-order valence-electron chi connectivity index (χ3n) is 3.51. The Kier molecular flexibility index (Phi) is 3.39. The van der Waals surface area contributed by atoms with Gasteiger partial charge >= 0.3 is 0 Å². The molecule has 1 aliphatic rings. The first kappa shape index (κ1) is 12.2. The van der Waals surface area contributed by atoms with Crippen molar-refractivity contribution in [2.24, 2.45) is 0 Å². The summed E-state index contributed by atoms with van der Waals surface area (Å²) in [5, 5.41) is 1.18. The number of rotatable bonds is 2. The van der Waals surface area contributed by atoms with Crippen LogP contribution < -0.4 is 4.90 Å². The summed E-state index contributed by atoms with van der Waals surface area (Å²) in [5.41, 5.74) is 0. The molecule has 2 aromatic rings. The molecule has 3 rings (SSSR count). The van der Waals surface area contributed by atoms with Gasteiger partial charge in [-0.25, -0.2) is 9.97 Å². The van der Waals surface area contributed by atoms with E-state index in [0.717, 1.165) is 23.6 Å². The standard InChI is InChI=1S/C13H16ClN3S/c1-9-6-11-12(15-8-16-13(11)18-9)17-5-3-2-4-10(17)7-14/h6,8,10H,2-5,7H2,1H3. The van der Waals surface area contributed by atoms with Gasteiger partial charge in [0.2, 0.25) is 0 Å². The average Bonchev–Trinajstić information content (AvgIpc) is 2.78. The fourth-order valence-electron chi connectivity index (χ4n) is 2.63. The summed E-state index contributed by atoms with van der Waals surface area (Å²) in [5.74, 6) is 1.74. The van der Waals surface area contributed by atoms with Crippen LogP contribution in [0, 0.1) is 6.92 Å². The van der Waals surface area contributed by atoms with Gasteiger partial charge in [0.25, 0.3) is 0 Å². The summed E-state index contributed by atoms with van der Waals surface area (Å²) in [6.07, 6.45) is 5.33. The lowest BCUT2D eigenvalue weighted by Gasteiger charge is -2.35. The summed E-state index contributed by atoms with van der Waals surface area (Å²) in [6, 6.07) is 2.61. The van der Waals surface area contributed by atoms with Crippen molar-refractivity contribution in [1.29, 1.82) is 0 Å². The van der Waals surface area contributed by atoms with E-state index in [0.29, 0.717) is 11.9 Å². The van der Waals surface area contributed by atoms with E-state index in [1.54, 1.807) is 17.7 Å². The summed E-state index contributed by atoms with van der Waals surface area (Å²) in [6.45, 7) is 3.17. The molecule has 96 valence electrons. The van der Waals surface area contributed by atoms with Crippen LogP contribution in [0.25, 0.3) is 10.2 Å². The molecular weight excluding hydrogens is 266 g/mol. The highest BCUT2D eigenvalue weighted by atomic mass is 35.5. The highest BCUT2D eigenvalue weighted by Gasteiger charge is 2.24. The number of anilines is 1. The van der Waals surface area contributed by atoms with E-state index in [4.69, 9.17) is 11.6 Å². The van der Waals surface area contributed by atoms with Crippen molar-refractivity contribution >= 4 is 39.0 Å². The number of nitrogens with zero attached hydrogens (tertiary/aromatic N) is 3. The Hall–Kier alpha value is -0.870. The van der Waals surface area contributed by atoms with Gasteiger partial charge in [0.1, 0.15) is 17.0 Å². The highest BCUT2D eigenvalue weighted by Crippen LogP contribution is 2.33. The maximum atomic E-state index is 6.10. The molecular formula is C13H16ClN3S. The number of hydrogen-bond acceptors (Lipinski definition) is 4. The molecule has 1 aliphatic heterocycles. The Morgan fingerprint density at radius 1 is 1.44 bits per heavy atom. The zero-order chi connectivity index (χ0) is 12.5. The molecule has 3 heterocycles. The van der Waals surface area contributed by atoms with Gasteiger partial charge in [0.15, 0.2) is 0 Å². The van der Waals surface area contributed by atoms with Crippen molar-refractivity contribution in [3.05, 3.63) is 17.3 Å². The summed E-state index contributed by atoms with van der Waals surface area (Å²) in [4.78, 5) is 13.6. The average molecular weight is 282 g/mol. The van der Waals surface area contributed by atoms with Crippen molar-refractivity contribution in [3.63, 3.8) is 0 Å². The van der Waals surface area contributed by atoms with E-state index in [9.17, 15) is 0 Å². The molecule has 1 atom stereocenters. The molecule has 1 fully saturated rings. The molecule has 2 aromatic heterocycles. The van der Waals surface area contributed by atoms with Crippen LogP contribution in [-0.2, 0) is 0 Å². The van der Waals surface area contributed by atoms with Crippen LogP contribution in [0.4, 0.5) is 5.82 Å². The van der Waals surface area contributed by atoms with E-state index < -0.39 is 0 Å². The molecule has 18 heavy (non-hydrogen) atoms. The van der Waals surface area contributed by atoms with E-state index >= 15 is 0 Å². The minimum Gasteiger partial charge on any atom is -0.352 e. The van der Waals surface area contributed by atoms with Crippen molar-refractivity contribution < 1.29 is 0 Å². The molecule has 3 nitrogen and oxygen atoms in total. The van der Waals surface area contributed by atoms with Crippen LogP contribution in [0.15, 0.2) is 12.4 Å². The number of aryl methyl sites for hydroxylation is 1. The first-order valence-corrected chi connectivity index (χ1v) is 7.68. The molecule has 5 heteroatoms. The van der Waals surface area contributed by atoms with Crippen LogP contribution in [0.2, 0.25) is 0 Å². The molecule has 0 N–H and O–H groups in total. The van der Waals surface area contributed by atoms with E-state index in [-0.39, 0.29) is 0 Å². The lowest BCUT2D eigenvalue weighted by Crippen LogP contribution is -2.41. The number of fused-ring (bicyclic) bond motifs is 1. The van der Waals surface area contributed by atoms with E-state index in [1.807, 2.05) is 0 Å². The first-order chi connectivity index (χ1) is 8.79. The molecule has 0 aliphatic carbocycles. The first-order valence-electron chi connectivity index (χ1n) is 6.33. The van der Waals surface area contributed by atoms with Crippen LogP contribution in [0.5, 0.6) is 0 Å². The predicted octanol–water partition coefficient (Wildman–Crippen LogP) is 3.60. The predicted molar refractivity (Wildman–Crippen MR) is 77.9 cm³/mol. The van der Waals surface area contributed by atoms with Crippen LogP contribution >= 0.6 is 22.9 Å². The van der Waals surface area contributed by atoms with Gasteiger partial charge < -0.3 is 4.90 Å². The Morgan fingerprint density at radius 3 is 3.17 bits per heavy atom. The molecule has 0 radical (unpaired) electrons. The Balaban J connectivity index is 2.06. The zero-order valence-electron chi connectivity index (χ0n) is 10.4. The van der Waals surface area contributed by atoms with Crippen molar-refractivity contribution in [2.75, 3.05) is 17.3 Å². The quantitative estimate of drug-likeness (QED) is 0.788. The Morgan fingerprint density at radius 2 is 2.33 bits per heavy atom. The Labute approximate surface area is 116 Å². The lowest BCUT2D eigenvalue weighted by molar-refractivity contribution is 0.485. The second kappa shape index (κ2) is 5.02. The number of aromatic nitrogens is 2. The molecule has 1 unspecified atom stereocenters. The van der Waals surface area contributed by atoms with Crippen molar-refractivity contribution in [2.45, 2.75) is 32.2 Å². The summed E-state index contributed by atoms with van der Waals surface area (Å²) in [7, 11) is 0. The number of thiophene rings is 1. The molecule has 0 amide bonds. The van der Waals surface area contributed by atoms with Gasteiger partial charge in [-0.05, 0) is 32.3 Å². The maximum Gasteiger partial charge on any atom is 0.141 e. The number of halogens is 1. The Bertz CT molecular complexity index is 554.